The summed E-state index contributed by atoms with van der Waals surface area (Å²) >= 11 is 1.76. The number of carbonyl (C=O) groups is 1. The highest BCUT2D eigenvalue weighted by Crippen LogP contribution is 2.37. The molecule has 3 aromatic rings. The molecule has 1 atom stereocenters. The predicted octanol–water partition coefficient (Wildman–Crippen LogP) is 4.23. The molecule has 0 saturated carbocycles. The molecule has 0 aliphatic carbocycles. The number of fused-ring (bicyclic) bond motifs is 2. The molecule has 1 amide bonds. The van der Waals surface area contributed by atoms with Crippen molar-refractivity contribution in [1.82, 2.24) is 9.55 Å². The van der Waals surface area contributed by atoms with Crippen molar-refractivity contribution in [2.45, 2.75) is 30.0 Å². The van der Waals surface area contributed by atoms with Crippen LogP contribution >= 0.6 is 11.8 Å². The summed E-state index contributed by atoms with van der Waals surface area (Å²) in [5.74, 6) is -1.99. The number of imidazole rings is 1. The monoisotopic (exact) mass is 373 g/mol. The van der Waals surface area contributed by atoms with Crippen LogP contribution in [0.1, 0.15) is 13.3 Å². The topological polar surface area (TPSA) is 38.1 Å². The highest BCUT2D eigenvalue weighted by molar-refractivity contribution is 8.00. The molecule has 1 aliphatic rings. The van der Waals surface area contributed by atoms with Gasteiger partial charge in [-0.2, -0.15) is 0 Å². The fourth-order valence-corrected chi connectivity index (χ4v) is 4.27. The molecule has 2 aromatic carbocycles. The Morgan fingerprint density at radius 1 is 1.27 bits per heavy atom. The number of anilines is 1. The normalized spacial score (nSPS) is 17.2. The van der Waals surface area contributed by atoms with Gasteiger partial charge in [-0.1, -0.05) is 19.1 Å². The average Bonchev–Trinajstić information content (AvgIpc) is 2.89. The molecular weight excluding hydrogens is 356 g/mol. The second kappa shape index (κ2) is 6.72. The smallest absolute Gasteiger partial charge is 0.247 e. The third-order valence-electron chi connectivity index (χ3n) is 4.51. The van der Waals surface area contributed by atoms with Gasteiger partial charge in [0.15, 0.2) is 11.6 Å². The number of thioether (sulfide) groups is 1. The maximum absolute atomic E-state index is 13.6. The first-order valence-electron chi connectivity index (χ1n) is 8.39. The van der Waals surface area contributed by atoms with Gasteiger partial charge in [-0.15, -0.1) is 11.8 Å². The number of hydrogen-bond donors (Lipinski definition) is 0. The molecule has 4 rings (SSSR count). The summed E-state index contributed by atoms with van der Waals surface area (Å²) in [6.07, 6.45) is 2.33. The molecule has 1 aliphatic heterocycles. The average molecular weight is 373 g/mol. The first kappa shape index (κ1) is 17.0. The van der Waals surface area contributed by atoms with Gasteiger partial charge in [0, 0.05) is 28.8 Å². The first-order valence-corrected chi connectivity index (χ1v) is 9.27. The van der Waals surface area contributed by atoms with E-state index in [1.807, 2.05) is 24.3 Å². The largest absolute Gasteiger partial charge is 0.321 e. The van der Waals surface area contributed by atoms with Crippen LogP contribution in [0.25, 0.3) is 11.0 Å². The van der Waals surface area contributed by atoms with E-state index in [1.165, 1.54) is 6.33 Å². The van der Waals surface area contributed by atoms with Crippen molar-refractivity contribution in [1.29, 1.82) is 0 Å². The van der Waals surface area contributed by atoms with Crippen molar-refractivity contribution in [2.75, 3.05) is 11.4 Å². The number of hydrogen-bond acceptors (Lipinski definition) is 3. The number of carbonyl (C=O) groups excluding carboxylic acids is 1. The van der Waals surface area contributed by atoms with Crippen molar-refractivity contribution in [3.63, 3.8) is 0 Å². The summed E-state index contributed by atoms with van der Waals surface area (Å²) in [6.45, 7) is 2.80. The molecular formula is C19H17F2N3OS. The molecule has 0 saturated heterocycles. The van der Waals surface area contributed by atoms with E-state index in [0.29, 0.717) is 22.8 Å². The van der Waals surface area contributed by atoms with Crippen molar-refractivity contribution in [3.05, 3.63) is 54.4 Å². The molecule has 1 aromatic heterocycles. The summed E-state index contributed by atoms with van der Waals surface area (Å²) < 4.78 is 28.5. The van der Waals surface area contributed by atoms with E-state index in [0.717, 1.165) is 29.1 Å². The Balaban J connectivity index is 1.66. The number of benzene rings is 2. The summed E-state index contributed by atoms with van der Waals surface area (Å²) in [4.78, 5) is 19.9. The van der Waals surface area contributed by atoms with Crippen LogP contribution in [-0.2, 0) is 11.3 Å². The van der Waals surface area contributed by atoms with Gasteiger partial charge in [-0.3, -0.25) is 4.79 Å². The summed E-state index contributed by atoms with van der Waals surface area (Å²) in [7, 11) is 0. The third-order valence-corrected chi connectivity index (χ3v) is 5.75. The van der Waals surface area contributed by atoms with Crippen LogP contribution in [0.3, 0.4) is 0 Å². The van der Waals surface area contributed by atoms with Crippen LogP contribution in [0.4, 0.5) is 14.5 Å². The number of nitrogens with zero attached hydrogens (tertiary/aromatic N) is 3. The standard InChI is InChI=1S/C19H17F2N3OS/c1-12-6-7-24(16-4-2-3-5-18(16)26-12)19(25)10-23-11-22-15-8-13(20)14(21)9-17(15)23/h2-5,8-9,11-12H,6-7,10H2,1H3. The molecule has 1 unspecified atom stereocenters. The van der Waals surface area contributed by atoms with E-state index in [-0.39, 0.29) is 12.5 Å². The van der Waals surface area contributed by atoms with Crippen molar-refractivity contribution >= 4 is 34.4 Å². The van der Waals surface area contributed by atoms with E-state index in [9.17, 15) is 13.6 Å². The maximum Gasteiger partial charge on any atom is 0.247 e. The summed E-state index contributed by atoms with van der Waals surface area (Å²) in [5.41, 5.74) is 1.63. The lowest BCUT2D eigenvalue weighted by atomic mass is 10.2. The van der Waals surface area contributed by atoms with Crippen LogP contribution in [-0.4, -0.2) is 27.3 Å². The van der Waals surface area contributed by atoms with Crippen LogP contribution in [0.5, 0.6) is 0 Å². The quantitative estimate of drug-likeness (QED) is 0.675. The van der Waals surface area contributed by atoms with Gasteiger partial charge in [0.25, 0.3) is 0 Å². The minimum absolute atomic E-state index is 0.0228. The van der Waals surface area contributed by atoms with Gasteiger partial charge < -0.3 is 9.47 Å². The van der Waals surface area contributed by atoms with E-state index >= 15 is 0 Å². The van der Waals surface area contributed by atoms with Crippen LogP contribution < -0.4 is 4.90 Å². The predicted molar refractivity (Wildman–Crippen MR) is 98.4 cm³/mol. The van der Waals surface area contributed by atoms with Gasteiger partial charge >= 0.3 is 0 Å². The van der Waals surface area contributed by atoms with E-state index in [1.54, 1.807) is 21.2 Å². The van der Waals surface area contributed by atoms with Crippen LogP contribution in [0.15, 0.2) is 47.6 Å². The fraction of sp³-hybridized carbons (Fsp3) is 0.263. The molecule has 4 nitrogen and oxygen atoms in total. The van der Waals surface area contributed by atoms with Gasteiger partial charge in [0.2, 0.25) is 5.91 Å². The van der Waals surface area contributed by atoms with Crippen molar-refractivity contribution < 1.29 is 13.6 Å². The highest BCUT2D eigenvalue weighted by Gasteiger charge is 2.24. The third kappa shape index (κ3) is 3.07. The highest BCUT2D eigenvalue weighted by atomic mass is 32.2. The molecule has 0 fully saturated rings. The van der Waals surface area contributed by atoms with Crippen molar-refractivity contribution in [2.24, 2.45) is 0 Å². The van der Waals surface area contributed by atoms with Gasteiger partial charge in [0.05, 0.1) is 23.0 Å². The molecule has 0 spiro atoms. The Morgan fingerprint density at radius 3 is 2.88 bits per heavy atom. The zero-order chi connectivity index (χ0) is 18.3. The Labute approximate surface area is 153 Å². The lowest BCUT2D eigenvalue weighted by Crippen LogP contribution is -2.34. The Kier molecular flexibility index (Phi) is 4.40. The minimum Gasteiger partial charge on any atom is -0.321 e. The number of aromatic nitrogens is 2. The number of rotatable bonds is 2. The van der Waals surface area contributed by atoms with Gasteiger partial charge in [-0.05, 0) is 18.6 Å². The summed E-state index contributed by atoms with van der Waals surface area (Å²) in [6, 6.07) is 9.98. The lowest BCUT2D eigenvalue weighted by Gasteiger charge is -2.22. The fourth-order valence-electron chi connectivity index (χ4n) is 3.16. The van der Waals surface area contributed by atoms with Crippen molar-refractivity contribution in [3.8, 4) is 0 Å². The van der Waals surface area contributed by atoms with Gasteiger partial charge in [-0.25, -0.2) is 13.8 Å². The lowest BCUT2D eigenvalue weighted by molar-refractivity contribution is -0.119. The Hall–Kier alpha value is -2.41. The Morgan fingerprint density at radius 2 is 2.04 bits per heavy atom. The summed E-state index contributed by atoms with van der Waals surface area (Å²) in [5, 5.41) is 0.417. The number of halogens is 2. The van der Waals surface area contributed by atoms with Gasteiger partial charge in [0.1, 0.15) is 6.54 Å². The molecule has 0 bridgehead atoms. The van der Waals surface area contributed by atoms with E-state index < -0.39 is 11.6 Å². The zero-order valence-electron chi connectivity index (χ0n) is 14.2. The van der Waals surface area contributed by atoms with E-state index in [4.69, 9.17) is 0 Å². The molecule has 0 radical (unpaired) electrons. The van der Waals surface area contributed by atoms with E-state index in [2.05, 4.69) is 11.9 Å². The second-order valence-corrected chi connectivity index (χ2v) is 7.84. The zero-order valence-corrected chi connectivity index (χ0v) is 15.0. The molecule has 26 heavy (non-hydrogen) atoms. The molecule has 7 heteroatoms. The van der Waals surface area contributed by atoms with Crippen LogP contribution in [0, 0.1) is 11.6 Å². The first-order chi connectivity index (χ1) is 12.5. The molecule has 0 N–H and O–H groups in total. The SMILES string of the molecule is CC1CCN(C(=O)Cn2cnc3cc(F)c(F)cc32)c2ccccc2S1. The number of amides is 1. The maximum atomic E-state index is 13.6. The molecule has 2 heterocycles. The molecule has 134 valence electrons. The van der Waals surface area contributed by atoms with Crippen LogP contribution in [0.2, 0.25) is 0 Å². The Bertz CT molecular complexity index is 988. The minimum atomic E-state index is -0.947. The second-order valence-electron chi connectivity index (χ2n) is 6.36. The number of para-hydroxylation sites is 1.